The normalized spacial score (nSPS) is 25.1. The van der Waals surface area contributed by atoms with Crippen molar-refractivity contribution in [2.45, 2.75) is 51.5 Å². The molecule has 1 unspecified atom stereocenters. The second-order valence-corrected chi connectivity index (χ2v) is 5.44. The van der Waals surface area contributed by atoms with Gasteiger partial charge in [-0.25, -0.2) is 0 Å². The number of aromatic nitrogens is 3. The first-order valence-electron chi connectivity index (χ1n) is 6.99. The number of aryl methyl sites for hydroxylation is 1. The van der Waals surface area contributed by atoms with Crippen molar-refractivity contribution in [3.8, 4) is 0 Å². The molecule has 2 aliphatic rings. The number of nitrogens with zero attached hydrogens (tertiary/aromatic N) is 4. The van der Waals surface area contributed by atoms with Gasteiger partial charge in [0.1, 0.15) is 11.6 Å². The molecule has 0 aliphatic carbocycles. The molecule has 0 amide bonds. The standard InChI is InChI=1S/C13H22N4/c1-11-5-4-6-12-14-15-13(17(11)12)7-10-16-8-2-3-9-16/h11H,2-10H2,1H3. The Morgan fingerprint density at radius 1 is 1.18 bits per heavy atom. The molecule has 94 valence electrons. The van der Waals surface area contributed by atoms with Crippen molar-refractivity contribution in [3.63, 3.8) is 0 Å². The van der Waals surface area contributed by atoms with E-state index in [0.29, 0.717) is 6.04 Å². The summed E-state index contributed by atoms with van der Waals surface area (Å²) in [5.41, 5.74) is 0. The zero-order chi connectivity index (χ0) is 11.7. The Kier molecular flexibility index (Phi) is 3.14. The Balaban J connectivity index is 1.68. The topological polar surface area (TPSA) is 34.0 Å². The van der Waals surface area contributed by atoms with Crippen LogP contribution in [0.25, 0.3) is 0 Å². The van der Waals surface area contributed by atoms with E-state index in [-0.39, 0.29) is 0 Å². The first-order chi connectivity index (χ1) is 8.34. The van der Waals surface area contributed by atoms with Crippen LogP contribution in [0.15, 0.2) is 0 Å². The summed E-state index contributed by atoms with van der Waals surface area (Å²) in [6.45, 7) is 6.00. The highest BCUT2D eigenvalue weighted by atomic mass is 15.3. The minimum Gasteiger partial charge on any atom is -0.312 e. The minimum atomic E-state index is 0.599. The molecule has 3 rings (SSSR count). The van der Waals surface area contributed by atoms with Crippen molar-refractivity contribution in [3.05, 3.63) is 11.6 Å². The molecule has 0 saturated carbocycles. The molecule has 0 aromatic carbocycles. The van der Waals surface area contributed by atoms with Crippen LogP contribution in [-0.2, 0) is 12.8 Å². The summed E-state index contributed by atoms with van der Waals surface area (Å²) in [6.07, 6.45) is 7.47. The van der Waals surface area contributed by atoms with Gasteiger partial charge < -0.3 is 9.47 Å². The van der Waals surface area contributed by atoms with Gasteiger partial charge in [-0.05, 0) is 45.7 Å². The molecule has 2 aliphatic heterocycles. The van der Waals surface area contributed by atoms with Crippen LogP contribution < -0.4 is 0 Å². The Hall–Kier alpha value is -0.900. The van der Waals surface area contributed by atoms with Gasteiger partial charge in [-0.2, -0.15) is 0 Å². The van der Waals surface area contributed by atoms with Crippen LogP contribution >= 0.6 is 0 Å². The average Bonchev–Trinajstić information content (AvgIpc) is 2.95. The van der Waals surface area contributed by atoms with E-state index in [1.807, 2.05) is 0 Å². The lowest BCUT2D eigenvalue weighted by Crippen LogP contribution is -2.24. The second-order valence-electron chi connectivity index (χ2n) is 5.44. The predicted octanol–water partition coefficient (Wildman–Crippen LogP) is 1.81. The Morgan fingerprint density at radius 2 is 2.00 bits per heavy atom. The van der Waals surface area contributed by atoms with Crippen molar-refractivity contribution in [1.82, 2.24) is 19.7 Å². The van der Waals surface area contributed by atoms with Gasteiger partial charge in [0, 0.05) is 25.4 Å². The smallest absolute Gasteiger partial charge is 0.134 e. The predicted molar refractivity (Wildman–Crippen MR) is 67.0 cm³/mol. The molecule has 1 aromatic rings. The summed E-state index contributed by atoms with van der Waals surface area (Å²) in [4.78, 5) is 2.55. The lowest BCUT2D eigenvalue weighted by atomic mass is 10.1. The molecular weight excluding hydrogens is 212 g/mol. The van der Waals surface area contributed by atoms with Crippen LogP contribution in [0.1, 0.15) is 50.3 Å². The van der Waals surface area contributed by atoms with E-state index < -0.39 is 0 Å². The molecule has 4 heteroatoms. The van der Waals surface area contributed by atoms with Gasteiger partial charge in [0.15, 0.2) is 0 Å². The summed E-state index contributed by atoms with van der Waals surface area (Å²) in [5.74, 6) is 2.42. The fraction of sp³-hybridized carbons (Fsp3) is 0.846. The molecule has 1 saturated heterocycles. The molecular formula is C13H22N4. The molecule has 1 atom stereocenters. The molecule has 4 nitrogen and oxygen atoms in total. The monoisotopic (exact) mass is 234 g/mol. The molecule has 1 aromatic heterocycles. The highest BCUT2D eigenvalue weighted by Crippen LogP contribution is 2.24. The Labute approximate surface area is 103 Å². The second kappa shape index (κ2) is 4.77. The number of fused-ring (bicyclic) bond motifs is 1. The third kappa shape index (κ3) is 2.23. The summed E-state index contributed by atoms with van der Waals surface area (Å²) >= 11 is 0. The van der Waals surface area contributed by atoms with E-state index in [4.69, 9.17) is 0 Å². The average molecular weight is 234 g/mol. The number of rotatable bonds is 3. The number of hydrogen-bond donors (Lipinski definition) is 0. The van der Waals surface area contributed by atoms with Crippen molar-refractivity contribution >= 4 is 0 Å². The molecule has 1 fully saturated rings. The van der Waals surface area contributed by atoms with Gasteiger partial charge in [-0.3, -0.25) is 0 Å². The summed E-state index contributed by atoms with van der Waals surface area (Å²) in [7, 11) is 0. The fourth-order valence-corrected chi connectivity index (χ4v) is 3.16. The van der Waals surface area contributed by atoms with Crippen LogP contribution in [0.5, 0.6) is 0 Å². The van der Waals surface area contributed by atoms with Crippen LogP contribution in [0.2, 0.25) is 0 Å². The quantitative estimate of drug-likeness (QED) is 0.800. The van der Waals surface area contributed by atoms with Crippen molar-refractivity contribution < 1.29 is 0 Å². The highest BCUT2D eigenvalue weighted by molar-refractivity contribution is 5.02. The zero-order valence-electron chi connectivity index (χ0n) is 10.7. The molecule has 0 N–H and O–H groups in total. The van der Waals surface area contributed by atoms with Gasteiger partial charge in [0.25, 0.3) is 0 Å². The Morgan fingerprint density at radius 3 is 2.82 bits per heavy atom. The maximum atomic E-state index is 4.40. The summed E-state index contributed by atoms with van der Waals surface area (Å²) < 4.78 is 2.39. The van der Waals surface area contributed by atoms with Crippen LogP contribution in [0.3, 0.4) is 0 Å². The van der Waals surface area contributed by atoms with Crippen LogP contribution in [0.4, 0.5) is 0 Å². The number of likely N-dealkylation sites (tertiary alicyclic amines) is 1. The van der Waals surface area contributed by atoms with Gasteiger partial charge in [0.05, 0.1) is 0 Å². The van der Waals surface area contributed by atoms with Gasteiger partial charge >= 0.3 is 0 Å². The van der Waals surface area contributed by atoms with Crippen molar-refractivity contribution in [1.29, 1.82) is 0 Å². The van der Waals surface area contributed by atoms with E-state index in [2.05, 4.69) is 26.6 Å². The van der Waals surface area contributed by atoms with E-state index in [1.54, 1.807) is 0 Å². The molecule has 0 bridgehead atoms. The highest BCUT2D eigenvalue weighted by Gasteiger charge is 2.21. The fourth-order valence-electron chi connectivity index (χ4n) is 3.16. The lowest BCUT2D eigenvalue weighted by molar-refractivity contribution is 0.333. The van der Waals surface area contributed by atoms with Crippen LogP contribution in [0, 0.1) is 0 Å². The SMILES string of the molecule is CC1CCCc2nnc(CCN3CCCC3)n21. The maximum absolute atomic E-state index is 4.40. The molecule has 0 radical (unpaired) electrons. The third-order valence-corrected chi connectivity index (χ3v) is 4.15. The zero-order valence-corrected chi connectivity index (χ0v) is 10.7. The largest absolute Gasteiger partial charge is 0.312 e. The van der Waals surface area contributed by atoms with E-state index >= 15 is 0 Å². The summed E-state index contributed by atoms with van der Waals surface area (Å²) in [6, 6.07) is 0.599. The maximum Gasteiger partial charge on any atom is 0.134 e. The Bertz CT molecular complexity index is 379. The van der Waals surface area contributed by atoms with E-state index in [1.165, 1.54) is 50.4 Å². The summed E-state index contributed by atoms with van der Waals surface area (Å²) in [5, 5.41) is 8.74. The van der Waals surface area contributed by atoms with Crippen LogP contribution in [-0.4, -0.2) is 39.3 Å². The number of hydrogen-bond acceptors (Lipinski definition) is 3. The van der Waals surface area contributed by atoms with Crippen molar-refractivity contribution in [2.75, 3.05) is 19.6 Å². The first kappa shape index (κ1) is 11.2. The minimum absolute atomic E-state index is 0.599. The van der Waals surface area contributed by atoms with Gasteiger partial charge in [0.2, 0.25) is 0 Å². The van der Waals surface area contributed by atoms with E-state index in [0.717, 1.165) is 19.4 Å². The third-order valence-electron chi connectivity index (χ3n) is 4.15. The molecule has 17 heavy (non-hydrogen) atoms. The first-order valence-corrected chi connectivity index (χ1v) is 6.99. The van der Waals surface area contributed by atoms with E-state index in [9.17, 15) is 0 Å². The van der Waals surface area contributed by atoms with Gasteiger partial charge in [-0.1, -0.05) is 0 Å². The van der Waals surface area contributed by atoms with Gasteiger partial charge in [-0.15, -0.1) is 10.2 Å². The van der Waals surface area contributed by atoms with Crippen molar-refractivity contribution in [2.24, 2.45) is 0 Å². The molecule has 0 spiro atoms. The lowest BCUT2D eigenvalue weighted by Gasteiger charge is -2.23. The molecule has 3 heterocycles.